The average molecular weight is 331 g/mol. The number of carbonyl (C=O) groups is 2. The maximum Gasteiger partial charge on any atom is 0.241 e. The molecule has 24 heavy (non-hydrogen) atoms. The first-order valence-corrected chi connectivity index (χ1v) is 8.81. The van der Waals surface area contributed by atoms with Crippen LogP contribution in [0.5, 0.6) is 0 Å². The highest BCUT2D eigenvalue weighted by Gasteiger charge is 2.26. The molecule has 1 heterocycles. The number of carbonyl (C=O) groups excluding carboxylic acids is 2. The Morgan fingerprint density at radius 2 is 2.00 bits per heavy atom. The van der Waals surface area contributed by atoms with E-state index in [9.17, 15) is 9.59 Å². The number of nitrogens with zero attached hydrogens (tertiary/aromatic N) is 1. The van der Waals surface area contributed by atoms with E-state index in [0.717, 1.165) is 38.4 Å². The topological polar surface area (TPSA) is 61.4 Å². The minimum atomic E-state index is -0.156. The van der Waals surface area contributed by atoms with E-state index in [0.29, 0.717) is 11.3 Å². The fourth-order valence-electron chi connectivity index (χ4n) is 3.21. The van der Waals surface area contributed by atoms with Gasteiger partial charge in [-0.1, -0.05) is 12.1 Å². The van der Waals surface area contributed by atoms with Gasteiger partial charge in [0.2, 0.25) is 5.91 Å². The summed E-state index contributed by atoms with van der Waals surface area (Å²) < 4.78 is 0. The van der Waals surface area contributed by atoms with Gasteiger partial charge >= 0.3 is 0 Å². The second-order valence-electron chi connectivity index (χ2n) is 6.67. The molecule has 0 spiro atoms. The molecule has 132 valence electrons. The van der Waals surface area contributed by atoms with Crippen molar-refractivity contribution in [1.82, 2.24) is 10.2 Å². The number of piperidine rings is 1. The number of ketones is 1. The Hall–Kier alpha value is -1.72. The molecule has 5 heteroatoms. The Balaban J connectivity index is 1.86. The Bertz CT molecular complexity index is 565. The van der Waals surface area contributed by atoms with Crippen LogP contribution >= 0.6 is 0 Å². The van der Waals surface area contributed by atoms with Crippen LogP contribution in [0.3, 0.4) is 0 Å². The summed E-state index contributed by atoms with van der Waals surface area (Å²) >= 11 is 0. The van der Waals surface area contributed by atoms with Gasteiger partial charge < -0.3 is 10.6 Å². The highest BCUT2D eigenvalue weighted by atomic mass is 16.2. The average Bonchev–Trinajstić information content (AvgIpc) is 2.60. The first kappa shape index (κ1) is 18.6. The summed E-state index contributed by atoms with van der Waals surface area (Å²) in [5, 5.41) is 6.14. The third-order valence-corrected chi connectivity index (χ3v) is 4.92. The molecule has 1 aliphatic rings. The molecule has 0 saturated carbocycles. The maximum absolute atomic E-state index is 12.5. The molecule has 1 atom stereocenters. The Morgan fingerprint density at radius 1 is 1.29 bits per heavy atom. The number of benzene rings is 1. The summed E-state index contributed by atoms with van der Waals surface area (Å²) in [6.45, 7) is 6.49. The molecule has 2 rings (SSSR count). The van der Waals surface area contributed by atoms with Crippen LogP contribution in [0.1, 0.15) is 43.5 Å². The molecule has 0 radical (unpaired) electrons. The summed E-state index contributed by atoms with van der Waals surface area (Å²) in [6, 6.07) is 6.95. The molecule has 0 bridgehead atoms. The lowest BCUT2D eigenvalue weighted by Gasteiger charge is -2.35. The van der Waals surface area contributed by atoms with Crippen LogP contribution in [0.25, 0.3) is 0 Å². The third-order valence-electron chi connectivity index (χ3n) is 4.92. The molecule has 0 aliphatic carbocycles. The summed E-state index contributed by atoms with van der Waals surface area (Å²) in [7, 11) is 1.99. The van der Waals surface area contributed by atoms with Crippen molar-refractivity contribution in [3.05, 3.63) is 29.8 Å². The number of rotatable bonds is 7. The van der Waals surface area contributed by atoms with Gasteiger partial charge in [-0.2, -0.15) is 0 Å². The van der Waals surface area contributed by atoms with Crippen molar-refractivity contribution in [1.29, 1.82) is 0 Å². The van der Waals surface area contributed by atoms with Crippen molar-refractivity contribution in [2.24, 2.45) is 5.92 Å². The lowest BCUT2D eigenvalue weighted by atomic mass is 9.93. The van der Waals surface area contributed by atoms with E-state index in [1.807, 2.05) is 20.0 Å². The first-order chi connectivity index (χ1) is 11.5. The second-order valence-corrected chi connectivity index (χ2v) is 6.67. The molecule has 2 N–H and O–H groups in total. The van der Waals surface area contributed by atoms with Crippen molar-refractivity contribution in [3.8, 4) is 0 Å². The predicted molar refractivity (Wildman–Crippen MR) is 97.4 cm³/mol. The number of amides is 1. The van der Waals surface area contributed by atoms with E-state index < -0.39 is 0 Å². The molecule has 0 aromatic heterocycles. The van der Waals surface area contributed by atoms with Gasteiger partial charge in [0.1, 0.15) is 0 Å². The van der Waals surface area contributed by atoms with E-state index in [1.165, 1.54) is 13.3 Å². The SMILES string of the molecule is CNCCC1CCN(C(C)C(=O)Nc2cccc(C(C)=O)c2)CC1. The molecule has 1 aromatic carbocycles. The number of hydrogen-bond donors (Lipinski definition) is 2. The minimum absolute atomic E-state index is 0.00258. The molecular formula is C19H29N3O2. The summed E-state index contributed by atoms with van der Waals surface area (Å²) in [6.07, 6.45) is 3.51. The summed E-state index contributed by atoms with van der Waals surface area (Å²) in [5.74, 6) is 0.753. The molecule has 1 aromatic rings. The number of hydrogen-bond acceptors (Lipinski definition) is 4. The van der Waals surface area contributed by atoms with Crippen LogP contribution in [-0.4, -0.2) is 49.3 Å². The zero-order valence-electron chi connectivity index (χ0n) is 15.0. The number of likely N-dealkylation sites (tertiary alicyclic amines) is 1. The smallest absolute Gasteiger partial charge is 0.241 e. The summed E-state index contributed by atoms with van der Waals surface area (Å²) in [4.78, 5) is 26.2. The molecule has 1 aliphatic heterocycles. The molecule has 1 unspecified atom stereocenters. The molecular weight excluding hydrogens is 302 g/mol. The van der Waals surface area contributed by atoms with Crippen molar-refractivity contribution >= 4 is 17.4 Å². The van der Waals surface area contributed by atoms with Crippen LogP contribution in [0.15, 0.2) is 24.3 Å². The van der Waals surface area contributed by atoms with Crippen molar-refractivity contribution < 1.29 is 9.59 Å². The van der Waals surface area contributed by atoms with Gasteiger partial charge in [-0.15, -0.1) is 0 Å². The van der Waals surface area contributed by atoms with Crippen molar-refractivity contribution in [2.75, 3.05) is 32.0 Å². The molecule has 1 fully saturated rings. The van der Waals surface area contributed by atoms with Crippen LogP contribution in [-0.2, 0) is 4.79 Å². The van der Waals surface area contributed by atoms with Gasteiger partial charge in [0.25, 0.3) is 0 Å². The number of Topliss-reactive ketones (excluding diaryl/α,β-unsaturated/α-hetero) is 1. The van der Waals surface area contributed by atoms with Crippen LogP contribution in [0.4, 0.5) is 5.69 Å². The minimum Gasteiger partial charge on any atom is -0.325 e. The maximum atomic E-state index is 12.5. The Labute approximate surface area is 144 Å². The highest BCUT2D eigenvalue weighted by Crippen LogP contribution is 2.22. The zero-order chi connectivity index (χ0) is 17.5. The van der Waals surface area contributed by atoms with E-state index in [2.05, 4.69) is 15.5 Å². The quantitative estimate of drug-likeness (QED) is 0.754. The van der Waals surface area contributed by atoms with Gasteiger partial charge in [0.15, 0.2) is 5.78 Å². The monoisotopic (exact) mass is 331 g/mol. The molecule has 5 nitrogen and oxygen atoms in total. The first-order valence-electron chi connectivity index (χ1n) is 8.81. The van der Waals surface area contributed by atoms with E-state index >= 15 is 0 Å². The van der Waals surface area contributed by atoms with Gasteiger partial charge in [-0.3, -0.25) is 14.5 Å². The summed E-state index contributed by atoms with van der Waals surface area (Å²) in [5.41, 5.74) is 1.30. The predicted octanol–water partition coefficient (Wildman–Crippen LogP) is 2.54. The van der Waals surface area contributed by atoms with Gasteiger partial charge in [0.05, 0.1) is 6.04 Å². The fraction of sp³-hybridized carbons (Fsp3) is 0.579. The fourth-order valence-corrected chi connectivity index (χ4v) is 3.21. The van der Waals surface area contributed by atoms with Crippen molar-refractivity contribution in [3.63, 3.8) is 0 Å². The standard InChI is InChI=1S/C19H29N3O2/c1-14(22-11-8-16(9-12-22)7-10-20-3)19(24)21-18-6-4-5-17(13-18)15(2)23/h4-6,13-14,16,20H,7-12H2,1-3H3,(H,21,24). The second kappa shape index (κ2) is 8.94. The van der Waals surface area contributed by atoms with Crippen molar-refractivity contribution in [2.45, 2.75) is 39.2 Å². The van der Waals surface area contributed by atoms with E-state index in [4.69, 9.17) is 0 Å². The third kappa shape index (κ3) is 5.14. The Morgan fingerprint density at radius 3 is 2.62 bits per heavy atom. The van der Waals surface area contributed by atoms with Crippen LogP contribution in [0, 0.1) is 5.92 Å². The van der Waals surface area contributed by atoms with Gasteiger partial charge in [-0.05, 0) is 77.8 Å². The number of nitrogens with one attached hydrogen (secondary N) is 2. The molecule has 1 saturated heterocycles. The van der Waals surface area contributed by atoms with Crippen LogP contribution in [0.2, 0.25) is 0 Å². The van der Waals surface area contributed by atoms with E-state index in [1.54, 1.807) is 18.2 Å². The largest absolute Gasteiger partial charge is 0.325 e. The molecule has 1 amide bonds. The van der Waals surface area contributed by atoms with Crippen LogP contribution < -0.4 is 10.6 Å². The Kier molecular flexibility index (Phi) is 6.94. The number of anilines is 1. The van der Waals surface area contributed by atoms with E-state index in [-0.39, 0.29) is 17.7 Å². The normalized spacial score (nSPS) is 17.5. The highest BCUT2D eigenvalue weighted by molar-refractivity contribution is 5.98. The zero-order valence-corrected chi connectivity index (χ0v) is 15.0. The van der Waals surface area contributed by atoms with Gasteiger partial charge in [-0.25, -0.2) is 0 Å². The lowest BCUT2D eigenvalue weighted by molar-refractivity contribution is -0.121. The lowest BCUT2D eigenvalue weighted by Crippen LogP contribution is -2.46. The van der Waals surface area contributed by atoms with Gasteiger partial charge in [0, 0.05) is 11.3 Å².